The summed E-state index contributed by atoms with van der Waals surface area (Å²) in [4.78, 5) is 7.73. The van der Waals surface area contributed by atoms with Gasteiger partial charge in [-0.15, -0.1) is 0 Å². The maximum Gasteiger partial charge on any atom is 0.280 e. The van der Waals surface area contributed by atoms with E-state index in [1.165, 1.54) is 18.7 Å². The van der Waals surface area contributed by atoms with Crippen LogP contribution in [-0.2, 0) is 6.54 Å². The van der Waals surface area contributed by atoms with Crippen molar-refractivity contribution in [3.63, 3.8) is 0 Å². The molecule has 3 aromatic rings. The van der Waals surface area contributed by atoms with Crippen molar-refractivity contribution in [3.05, 3.63) is 47.9 Å². The zero-order chi connectivity index (χ0) is 17.8. The number of nitrogens with zero attached hydrogens (tertiary/aromatic N) is 5. The van der Waals surface area contributed by atoms with Gasteiger partial charge in [0.05, 0.1) is 24.2 Å². The molecule has 7 nitrogen and oxygen atoms in total. The Bertz CT molecular complexity index is 876. The predicted octanol–water partition coefficient (Wildman–Crippen LogP) is 3.48. The second-order valence-corrected chi connectivity index (χ2v) is 4.86. The molecule has 0 unspecified atom stereocenters. The van der Waals surface area contributed by atoms with E-state index < -0.39 is 18.1 Å². The van der Waals surface area contributed by atoms with Crippen LogP contribution in [0.1, 0.15) is 24.6 Å². The monoisotopic (exact) mass is 350 g/mol. The topological polar surface area (TPSA) is 81.1 Å². The highest BCUT2D eigenvalue weighted by Gasteiger charge is 2.15. The van der Waals surface area contributed by atoms with Crippen molar-refractivity contribution < 1.29 is 17.6 Å². The molecule has 0 aliphatic rings. The molecule has 3 rings (SSSR count). The first kappa shape index (κ1) is 16.7. The van der Waals surface area contributed by atoms with Crippen molar-refractivity contribution in [1.82, 2.24) is 19.7 Å². The average Bonchev–Trinajstić information content (AvgIpc) is 3.25. The highest BCUT2D eigenvalue weighted by atomic mass is 19.3. The molecule has 130 valence electrons. The van der Waals surface area contributed by atoms with Crippen LogP contribution in [0.25, 0.3) is 11.5 Å². The summed E-state index contributed by atoms with van der Waals surface area (Å²) in [6.07, 6.45) is 1.08. The number of aryl methyl sites for hydroxylation is 1. The van der Waals surface area contributed by atoms with Crippen LogP contribution in [0, 0.1) is 5.95 Å². The first-order valence-corrected chi connectivity index (χ1v) is 7.30. The number of hydrogen-bond donors (Lipinski definition) is 1. The summed E-state index contributed by atoms with van der Waals surface area (Å²) < 4.78 is 46.1. The molecular weight excluding hydrogens is 337 g/mol. The van der Waals surface area contributed by atoms with Gasteiger partial charge in [-0.25, -0.2) is 28.9 Å². The number of anilines is 1. The van der Waals surface area contributed by atoms with Crippen LogP contribution >= 0.6 is 0 Å². The summed E-state index contributed by atoms with van der Waals surface area (Å²) in [7, 11) is 0. The third-order valence-electron chi connectivity index (χ3n) is 3.21. The van der Waals surface area contributed by atoms with E-state index >= 15 is 0 Å². The molecule has 0 fully saturated rings. The molecule has 0 aliphatic carbocycles. The van der Waals surface area contributed by atoms with Gasteiger partial charge >= 0.3 is 0 Å². The fourth-order valence-corrected chi connectivity index (χ4v) is 2.03. The van der Waals surface area contributed by atoms with E-state index in [-0.39, 0.29) is 17.2 Å². The molecule has 0 spiro atoms. The summed E-state index contributed by atoms with van der Waals surface area (Å²) in [5.41, 5.74) is 2.25. The molecule has 0 amide bonds. The van der Waals surface area contributed by atoms with E-state index in [4.69, 9.17) is 4.42 Å². The van der Waals surface area contributed by atoms with Crippen LogP contribution in [0.15, 0.2) is 40.2 Å². The lowest BCUT2D eigenvalue weighted by Gasteiger charge is -2.05. The standard InChI is InChI=1S/C15H13F3N6O/c1-2-24-14(18)9(8-20-24)7-19-23-15-21-10(12-4-3-5-25-12)6-11(22-15)13(16)17/h3-8,13H,2H2,1H3,(H,21,22,23)/b19-7-. The lowest BCUT2D eigenvalue weighted by Crippen LogP contribution is -2.03. The summed E-state index contributed by atoms with van der Waals surface area (Å²) in [6, 6.07) is 4.32. The molecule has 0 atom stereocenters. The van der Waals surface area contributed by atoms with Crippen LogP contribution < -0.4 is 5.43 Å². The average molecular weight is 350 g/mol. The van der Waals surface area contributed by atoms with Gasteiger partial charge in [0.15, 0.2) is 5.76 Å². The van der Waals surface area contributed by atoms with Gasteiger partial charge in [0.1, 0.15) is 11.4 Å². The lowest BCUT2D eigenvalue weighted by atomic mass is 10.2. The SMILES string of the molecule is CCn1ncc(/C=N\Nc2nc(-c3ccco3)cc(C(F)F)n2)c1F. The van der Waals surface area contributed by atoms with Gasteiger partial charge in [-0.3, -0.25) is 0 Å². The highest BCUT2D eigenvalue weighted by Crippen LogP contribution is 2.24. The van der Waals surface area contributed by atoms with Crippen LogP contribution in [0.2, 0.25) is 0 Å². The van der Waals surface area contributed by atoms with Gasteiger partial charge < -0.3 is 4.42 Å². The van der Waals surface area contributed by atoms with Crippen LogP contribution in [-0.4, -0.2) is 26.0 Å². The fraction of sp³-hybridized carbons (Fsp3) is 0.200. The van der Waals surface area contributed by atoms with Gasteiger partial charge in [0, 0.05) is 6.54 Å². The van der Waals surface area contributed by atoms with Crippen molar-refractivity contribution in [1.29, 1.82) is 0 Å². The van der Waals surface area contributed by atoms with E-state index in [9.17, 15) is 13.2 Å². The van der Waals surface area contributed by atoms with E-state index in [0.717, 1.165) is 10.7 Å². The molecule has 0 aromatic carbocycles. The first-order chi connectivity index (χ1) is 12.1. The van der Waals surface area contributed by atoms with Gasteiger partial charge in [-0.1, -0.05) is 0 Å². The molecule has 0 radical (unpaired) electrons. The largest absolute Gasteiger partial charge is 0.463 e. The zero-order valence-corrected chi connectivity index (χ0v) is 13.0. The summed E-state index contributed by atoms with van der Waals surface area (Å²) in [6.45, 7) is 2.12. The first-order valence-electron chi connectivity index (χ1n) is 7.30. The molecule has 10 heteroatoms. The Morgan fingerprint density at radius 2 is 2.24 bits per heavy atom. The van der Waals surface area contributed by atoms with Crippen molar-refractivity contribution in [2.75, 3.05) is 5.43 Å². The van der Waals surface area contributed by atoms with Gasteiger partial charge in [-0.2, -0.15) is 14.6 Å². The Balaban J connectivity index is 1.84. The Labute approximate surface area is 140 Å². The van der Waals surface area contributed by atoms with Gasteiger partial charge in [0.25, 0.3) is 6.43 Å². The second-order valence-electron chi connectivity index (χ2n) is 4.86. The van der Waals surface area contributed by atoms with Crippen molar-refractivity contribution in [2.45, 2.75) is 19.9 Å². The molecule has 3 heterocycles. The Morgan fingerprint density at radius 3 is 2.88 bits per heavy atom. The van der Waals surface area contributed by atoms with E-state index in [0.29, 0.717) is 12.3 Å². The quantitative estimate of drug-likeness (QED) is 0.544. The highest BCUT2D eigenvalue weighted by molar-refractivity contribution is 5.79. The minimum absolute atomic E-state index is 0.144. The smallest absolute Gasteiger partial charge is 0.280 e. The fourth-order valence-electron chi connectivity index (χ4n) is 2.03. The third-order valence-corrected chi connectivity index (χ3v) is 3.21. The Kier molecular flexibility index (Phi) is 4.78. The van der Waals surface area contributed by atoms with Crippen LogP contribution in [0.4, 0.5) is 19.1 Å². The number of nitrogens with one attached hydrogen (secondary N) is 1. The van der Waals surface area contributed by atoms with Crippen LogP contribution in [0.5, 0.6) is 0 Å². The molecule has 1 N–H and O–H groups in total. The minimum atomic E-state index is -2.79. The van der Waals surface area contributed by atoms with E-state index in [1.54, 1.807) is 19.1 Å². The molecular formula is C15H13F3N6O. The lowest BCUT2D eigenvalue weighted by molar-refractivity contribution is 0.146. The van der Waals surface area contributed by atoms with E-state index in [1.807, 2.05) is 0 Å². The Hall–Kier alpha value is -3.17. The second kappa shape index (κ2) is 7.16. The van der Waals surface area contributed by atoms with Gasteiger partial charge in [-0.05, 0) is 25.1 Å². The third kappa shape index (κ3) is 3.67. The number of hydrogen-bond acceptors (Lipinski definition) is 6. The van der Waals surface area contributed by atoms with E-state index in [2.05, 4.69) is 25.6 Å². The molecule has 3 aromatic heterocycles. The number of aromatic nitrogens is 4. The van der Waals surface area contributed by atoms with Crippen LogP contribution in [0.3, 0.4) is 0 Å². The normalized spacial score (nSPS) is 11.6. The maximum atomic E-state index is 13.8. The van der Waals surface area contributed by atoms with Crippen molar-refractivity contribution in [2.24, 2.45) is 5.10 Å². The van der Waals surface area contributed by atoms with Crippen molar-refractivity contribution >= 4 is 12.2 Å². The molecule has 0 aliphatic heterocycles. The Morgan fingerprint density at radius 1 is 1.40 bits per heavy atom. The maximum absolute atomic E-state index is 13.8. The number of hydrazone groups is 1. The van der Waals surface area contributed by atoms with Gasteiger partial charge in [0.2, 0.25) is 11.9 Å². The number of halogens is 3. The number of furan rings is 1. The summed E-state index contributed by atoms with van der Waals surface area (Å²) >= 11 is 0. The molecule has 0 saturated heterocycles. The zero-order valence-electron chi connectivity index (χ0n) is 13.0. The summed E-state index contributed by atoms with van der Waals surface area (Å²) in [5, 5.41) is 7.60. The molecule has 0 saturated carbocycles. The van der Waals surface area contributed by atoms with Crippen molar-refractivity contribution in [3.8, 4) is 11.5 Å². The molecule has 25 heavy (non-hydrogen) atoms. The number of alkyl halides is 2. The molecule has 0 bridgehead atoms. The number of rotatable bonds is 6. The predicted molar refractivity (Wildman–Crippen MR) is 83.8 cm³/mol. The minimum Gasteiger partial charge on any atom is -0.463 e. The summed E-state index contributed by atoms with van der Waals surface area (Å²) in [5.74, 6) is -0.401.